The molecule has 10 aromatic rings. The summed E-state index contributed by atoms with van der Waals surface area (Å²) in [4.78, 5) is 0. The molecule has 108 heavy (non-hydrogen) atoms. The van der Waals surface area contributed by atoms with Crippen molar-refractivity contribution in [1.29, 1.82) is 0 Å². The van der Waals surface area contributed by atoms with Crippen molar-refractivity contribution < 1.29 is 56.8 Å². The summed E-state index contributed by atoms with van der Waals surface area (Å²) in [6.07, 6.45) is 23.3. The normalized spacial score (nSPS) is 11.3. The van der Waals surface area contributed by atoms with Crippen LogP contribution >= 0.6 is 136 Å². The monoisotopic (exact) mass is 2140 g/mol. The minimum absolute atomic E-state index is 0.536. The lowest BCUT2D eigenvalue weighted by atomic mass is 9.93. The van der Waals surface area contributed by atoms with Crippen LogP contribution in [0.2, 0.25) is 0 Å². The summed E-state index contributed by atoms with van der Waals surface area (Å²) in [6.45, 7) is 7.28. The molecule has 10 rings (SSSR count). The predicted molar refractivity (Wildman–Crippen MR) is 491 cm³/mol. The van der Waals surface area contributed by atoms with E-state index >= 15 is 0 Å². The zero-order valence-corrected chi connectivity index (χ0v) is 74.9. The van der Waals surface area contributed by atoms with Gasteiger partial charge in [-0.3, -0.25) is 0 Å². The van der Waals surface area contributed by atoms with Crippen molar-refractivity contribution in [3.8, 4) is 69.0 Å². The van der Waals surface area contributed by atoms with Crippen LogP contribution in [0.3, 0.4) is 0 Å². The fraction of sp³-hybridized carbons (Fsp3) is 0.400. The van der Waals surface area contributed by atoms with E-state index in [1.165, 1.54) is 21.4 Å². The molecule has 0 saturated carbocycles. The van der Waals surface area contributed by atoms with Crippen LogP contribution in [0.4, 0.5) is 0 Å². The lowest BCUT2D eigenvalue weighted by molar-refractivity contribution is 0.254. The number of rotatable bonds is 54. The van der Waals surface area contributed by atoms with Crippen LogP contribution in [0.1, 0.15) is 154 Å². The molecule has 0 spiro atoms. The molecule has 576 valence electrons. The molecule has 0 aliphatic heterocycles. The number of fused-ring (bicyclic) bond motifs is 6. The average Bonchev–Trinajstić information content (AvgIpc) is 0.726. The third-order valence-electron chi connectivity index (χ3n) is 18.4. The van der Waals surface area contributed by atoms with Gasteiger partial charge in [0, 0.05) is 21.4 Å². The molecular formula is C90H102I6O12. The zero-order chi connectivity index (χ0) is 75.0. The highest BCUT2D eigenvalue weighted by Gasteiger charge is 2.22. The van der Waals surface area contributed by atoms with E-state index in [-0.39, 0.29) is 0 Å². The Hall–Kier alpha value is -5.04. The van der Waals surface area contributed by atoms with Crippen molar-refractivity contribution >= 4 is 168 Å². The van der Waals surface area contributed by atoms with Crippen molar-refractivity contribution in [1.82, 2.24) is 0 Å². The van der Waals surface area contributed by atoms with Gasteiger partial charge < -0.3 is 56.8 Å². The zero-order valence-electron chi connectivity index (χ0n) is 61.9. The maximum absolute atomic E-state index is 6.96. The van der Waals surface area contributed by atoms with Gasteiger partial charge in [0.05, 0.1) is 79.3 Å². The predicted octanol–water partition coefficient (Wildman–Crippen LogP) is 26.9. The summed E-state index contributed by atoms with van der Waals surface area (Å²) in [6, 6.07) is 62.8. The number of ether oxygens (including phenoxy) is 12. The van der Waals surface area contributed by atoms with E-state index < -0.39 is 0 Å². The van der Waals surface area contributed by atoms with Gasteiger partial charge in [-0.15, -0.1) is 0 Å². The Kier molecular flexibility index (Phi) is 39.1. The minimum atomic E-state index is 0.536. The molecule has 0 radical (unpaired) electrons. The summed E-state index contributed by atoms with van der Waals surface area (Å²) in [5.74, 6) is 9.75. The second kappa shape index (κ2) is 49.5. The van der Waals surface area contributed by atoms with Crippen LogP contribution in [-0.2, 0) is 0 Å². The van der Waals surface area contributed by atoms with E-state index in [1.54, 1.807) is 0 Å². The van der Waals surface area contributed by atoms with Crippen molar-refractivity contribution in [2.24, 2.45) is 0 Å². The molecule has 0 aliphatic rings. The minimum Gasteiger partial charge on any atom is -0.494 e. The third kappa shape index (κ3) is 30.8. The first-order chi connectivity index (χ1) is 53.1. The van der Waals surface area contributed by atoms with Gasteiger partial charge in [-0.1, -0.05) is 0 Å². The van der Waals surface area contributed by atoms with E-state index in [9.17, 15) is 0 Å². The Morgan fingerprint density at radius 1 is 0.139 bits per heavy atom. The van der Waals surface area contributed by atoms with Crippen LogP contribution in [0.25, 0.3) is 32.3 Å². The van der Waals surface area contributed by atoms with E-state index in [4.69, 9.17) is 56.8 Å². The van der Waals surface area contributed by atoms with Crippen molar-refractivity contribution in [2.75, 3.05) is 79.3 Å². The van der Waals surface area contributed by atoms with E-state index in [2.05, 4.69) is 245 Å². The van der Waals surface area contributed by atoms with Crippen molar-refractivity contribution in [3.63, 3.8) is 0 Å². The molecule has 0 amide bonds. The van der Waals surface area contributed by atoms with E-state index in [0.717, 1.165) is 255 Å². The van der Waals surface area contributed by atoms with E-state index in [0.29, 0.717) is 79.3 Å². The van der Waals surface area contributed by atoms with Crippen LogP contribution in [0, 0.1) is 21.4 Å². The summed E-state index contributed by atoms with van der Waals surface area (Å²) in [5, 5.41) is 6.14. The van der Waals surface area contributed by atoms with Crippen molar-refractivity contribution in [2.45, 2.75) is 154 Å². The highest BCUT2D eigenvalue weighted by molar-refractivity contribution is 14.1. The highest BCUT2D eigenvalue weighted by Crippen LogP contribution is 2.48. The fourth-order valence-electron chi connectivity index (χ4n) is 12.5. The van der Waals surface area contributed by atoms with Gasteiger partial charge >= 0.3 is 0 Å². The second-order valence-corrected chi connectivity index (χ2v) is 34.4. The molecule has 0 aliphatic carbocycles. The molecule has 0 fully saturated rings. The van der Waals surface area contributed by atoms with Crippen LogP contribution in [-0.4, -0.2) is 79.3 Å². The topological polar surface area (TPSA) is 111 Å². The van der Waals surface area contributed by atoms with Gasteiger partial charge in [-0.2, -0.15) is 0 Å². The standard InChI is InChI=1S/C90H102I6O12/c91-67-25-37-73(38-26-67)97-49-13-1-7-19-55-103-85-61-79-80(62-86(85)104-56-20-8-2-14-50-98-74-39-27-68(92)28-40-74)82-64-88(106-58-22-10-4-16-52-100-76-43-31-70(94)32-44-76)90(108-60-24-12-6-18-54-102-78-47-35-72(96)36-48-78)66-84(82)83-65-89(107-59-23-11-5-17-53-101-77-45-33-71(95)34-46-77)87(63-81(79)83)105-57-21-9-3-15-51-99-75-41-29-69(93)30-42-75/h25-48,61-66H,1-24,49-60H2. The van der Waals surface area contributed by atoms with Crippen LogP contribution in [0.5, 0.6) is 69.0 Å². The number of benzene rings is 10. The number of unbranched alkanes of at least 4 members (excludes halogenated alkanes) is 18. The summed E-state index contributed by atoms with van der Waals surface area (Å²) in [7, 11) is 0. The van der Waals surface area contributed by atoms with E-state index in [1.807, 2.05) is 72.8 Å². The lowest BCUT2D eigenvalue weighted by Crippen LogP contribution is -2.05. The summed E-state index contributed by atoms with van der Waals surface area (Å²) in [5.41, 5.74) is 0. The first-order valence-electron chi connectivity index (χ1n) is 38.7. The van der Waals surface area contributed by atoms with Gasteiger partial charge in [-0.05, 0) is 504 Å². The molecule has 18 heteroatoms. The summed E-state index contributed by atoms with van der Waals surface area (Å²) < 4.78 is 85.5. The van der Waals surface area contributed by atoms with Gasteiger partial charge in [0.2, 0.25) is 0 Å². The molecule has 0 aromatic heterocycles. The molecule has 10 aromatic carbocycles. The largest absolute Gasteiger partial charge is 0.494 e. The first-order valence-corrected chi connectivity index (χ1v) is 45.2. The average molecular weight is 2140 g/mol. The Morgan fingerprint density at radius 2 is 0.250 bits per heavy atom. The van der Waals surface area contributed by atoms with Gasteiger partial charge in [0.25, 0.3) is 0 Å². The third-order valence-corrected chi connectivity index (χ3v) is 22.7. The van der Waals surface area contributed by atoms with Crippen molar-refractivity contribution in [3.05, 3.63) is 203 Å². The molecule has 0 N–H and O–H groups in total. The summed E-state index contributed by atoms with van der Waals surface area (Å²) >= 11 is 14.0. The van der Waals surface area contributed by atoms with Crippen LogP contribution < -0.4 is 56.8 Å². The molecule has 0 saturated heterocycles. The second-order valence-electron chi connectivity index (χ2n) is 26.9. The Balaban J connectivity index is 0.937. The van der Waals surface area contributed by atoms with Gasteiger partial charge in [0.15, 0.2) is 34.5 Å². The molecule has 12 nitrogen and oxygen atoms in total. The molecule has 0 bridgehead atoms. The SMILES string of the molecule is Ic1ccc(OCCCCCCOc2cc3c4cc(OCCCCCCOc5ccc(I)cc5)c(OCCCCCCOc5ccc(I)cc5)cc4c4cc(OCCCCCCOc5ccc(I)cc5)c(OCCCCCCOc5ccc(I)cc5)cc4c3cc2OCCCCCCOc2ccc(I)cc2)cc1. The molecular weight excluding hydrogens is 2030 g/mol. The smallest absolute Gasteiger partial charge is 0.161 e. The fourth-order valence-corrected chi connectivity index (χ4v) is 14.6. The molecule has 0 unspecified atom stereocenters. The molecule has 0 heterocycles. The molecule has 0 atom stereocenters. The Bertz CT molecular complexity index is 3480. The van der Waals surface area contributed by atoms with Crippen LogP contribution in [0.15, 0.2) is 182 Å². The lowest BCUT2D eigenvalue weighted by Gasteiger charge is -2.21. The van der Waals surface area contributed by atoms with Gasteiger partial charge in [0.1, 0.15) is 34.5 Å². The quantitative estimate of drug-likeness (QED) is 0.0206. The number of hydrogen-bond donors (Lipinski definition) is 0. The number of halogens is 6. The highest BCUT2D eigenvalue weighted by atomic mass is 127. The first kappa shape index (κ1) is 85.4. The Morgan fingerprint density at radius 3 is 0.370 bits per heavy atom. The number of hydrogen-bond acceptors (Lipinski definition) is 12. The maximum Gasteiger partial charge on any atom is 0.161 e. The van der Waals surface area contributed by atoms with Gasteiger partial charge in [-0.25, -0.2) is 0 Å². The maximum atomic E-state index is 6.96. The Labute approximate surface area is 722 Å².